The number of hydrogen-bond acceptors (Lipinski definition) is 3. The average Bonchev–Trinajstić information content (AvgIpc) is 2.40. The molecule has 1 rings (SSSR count). The summed E-state index contributed by atoms with van der Waals surface area (Å²) in [5.41, 5.74) is 5.81. The Morgan fingerprint density at radius 1 is 1.37 bits per heavy atom. The first kappa shape index (κ1) is 15.4. The molecule has 1 amide bonds. The molecule has 3 N–H and O–H groups in total. The van der Waals surface area contributed by atoms with Gasteiger partial charge in [-0.3, -0.25) is 4.79 Å². The van der Waals surface area contributed by atoms with E-state index < -0.39 is 5.82 Å². The first-order chi connectivity index (χ1) is 9.08. The molecule has 1 aromatic carbocycles. The Balaban J connectivity index is 2.44. The van der Waals surface area contributed by atoms with E-state index >= 15 is 0 Å². The Labute approximate surface area is 113 Å². The number of nitrogens with two attached hydrogens (primary N) is 1. The van der Waals surface area contributed by atoms with Gasteiger partial charge < -0.3 is 16.0 Å². The maximum atomic E-state index is 13.0. The third-order valence-corrected chi connectivity index (χ3v) is 2.96. The van der Waals surface area contributed by atoms with Crippen molar-refractivity contribution in [3.8, 4) is 0 Å². The molecule has 106 valence electrons. The largest absolute Gasteiger partial charge is 0.396 e. The van der Waals surface area contributed by atoms with Crippen LogP contribution in [0, 0.1) is 5.82 Å². The van der Waals surface area contributed by atoms with Crippen LogP contribution in [0.2, 0.25) is 0 Å². The molecule has 0 aliphatic rings. The van der Waals surface area contributed by atoms with Gasteiger partial charge in [0.25, 0.3) is 5.91 Å². The number of halogens is 1. The Hall–Kier alpha value is -1.62. The van der Waals surface area contributed by atoms with E-state index in [-0.39, 0.29) is 11.6 Å². The van der Waals surface area contributed by atoms with Crippen molar-refractivity contribution in [3.05, 3.63) is 29.6 Å². The number of likely N-dealkylation sites (N-methyl/N-ethyl adjacent to an activating group) is 1. The van der Waals surface area contributed by atoms with E-state index in [1.165, 1.54) is 18.2 Å². The zero-order valence-electron chi connectivity index (χ0n) is 11.6. The predicted molar refractivity (Wildman–Crippen MR) is 75.6 cm³/mol. The lowest BCUT2D eigenvalue weighted by Crippen LogP contribution is -2.35. The molecule has 0 saturated carbocycles. The molecule has 0 heterocycles. The lowest BCUT2D eigenvalue weighted by atomic mass is 10.2. The van der Waals surface area contributed by atoms with Gasteiger partial charge in [-0.25, -0.2) is 4.39 Å². The lowest BCUT2D eigenvalue weighted by molar-refractivity contribution is 0.0948. The number of amides is 1. The molecule has 0 aromatic heterocycles. The quantitative estimate of drug-likeness (QED) is 0.741. The number of nitrogens with one attached hydrogen (secondary N) is 1. The van der Waals surface area contributed by atoms with Gasteiger partial charge in [0, 0.05) is 18.7 Å². The highest BCUT2D eigenvalue weighted by Crippen LogP contribution is 2.11. The number of anilines is 1. The van der Waals surface area contributed by atoms with Crippen LogP contribution in [0.1, 0.15) is 30.6 Å². The van der Waals surface area contributed by atoms with Crippen LogP contribution in [0.4, 0.5) is 10.1 Å². The van der Waals surface area contributed by atoms with Crippen molar-refractivity contribution in [1.82, 2.24) is 10.2 Å². The standard InChI is InChI=1S/C14H22FN3O/c1-3-8-18(4-2)9-7-17-14(19)11-5-6-12(15)13(16)10-11/h5-6,10H,3-4,7-9,16H2,1-2H3,(H,17,19). The van der Waals surface area contributed by atoms with E-state index in [1.807, 2.05) is 0 Å². The summed E-state index contributed by atoms with van der Waals surface area (Å²) < 4.78 is 13.0. The van der Waals surface area contributed by atoms with Crippen LogP contribution in [0.3, 0.4) is 0 Å². The highest BCUT2D eigenvalue weighted by molar-refractivity contribution is 5.95. The second-order valence-electron chi connectivity index (χ2n) is 4.43. The fraction of sp³-hybridized carbons (Fsp3) is 0.500. The molecule has 0 radical (unpaired) electrons. The van der Waals surface area contributed by atoms with Gasteiger partial charge in [0.2, 0.25) is 0 Å². The number of carbonyl (C=O) groups excluding carboxylic acids is 1. The summed E-state index contributed by atoms with van der Waals surface area (Å²) >= 11 is 0. The molecule has 0 aliphatic heterocycles. The summed E-state index contributed by atoms with van der Waals surface area (Å²) in [4.78, 5) is 14.1. The van der Waals surface area contributed by atoms with Crippen LogP contribution < -0.4 is 11.1 Å². The summed E-state index contributed by atoms with van der Waals surface area (Å²) in [5.74, 6) is -0.726. The van der Waals surface area contributed by atoms with E-state index in [1.54, 1.807) is 0 Å². The first-order valence-corrected chi connectivity index (χ1v) is 6.64. The molecule has 0 unspecified atom stereocenters. The number of benzene rings is 1. The summed E-state index contributed by atoms with van der Waals surface area (Å²) in [5, 5.41) is 2.81. The molecule has 0 aliphatic carbocycles. The van der Waals surface area contributed by atoms with E-state index in [2.05, 4.69) is 24.1 Å². The van der Waals surface area contributed by atoms with Crippen molar-refractivity contribution in [2.24, 2.45) is 0 Å². The van der Waals surface area contributed by atoms with Crippen molar-refractivity contribution in [2.45, 2.75) is 20.3 Å². The van der Waals surface area contributed by atoms with Crippen LogP contribution in [-0.4, -0.2) is 37.0 Å². The molecule has 19 heavy (non-hydrogen) atoms. The van der Waals surface area contributed by atoms with Gasteiger partial charge >= 0.3 is 0 Å². The third-order valence-electron chi connectivity index (χ3n) is 2.96. The number of rotatable bonds is 7. The fourth-order valence-electron chi connectivity index (χ4n) is 1.86. The molecule has 0 bridgehead atoms. The second-order valence-corrected chi connectivity index (χ2v) is 4.43. The van der Waals surface area contributed by atoms with Crippen molar-refractivity contribution >= 4 is 11.6 Å². The molecule has 0 spiro atoms. The lowest BCUT2D eigenvalue weighted by Gasteiger charge is -2.19. The van der Waals surface area contributed by atoms with Crippen molar-refractivity contribution in [2.75, 3.05) is 31.9 Å². The third kappa shape index (κ3) is 4.87. The molecular weight excluding hydrogens is 245 g/mol. The number of nitrogens with zero attached hydrogens (tertiary/aromatic N) is 1. The van der Waals surface area contributed by atoms with E-state index in [0.717, 1.165) is 26.1 Å². The normalized spacial score (nSPS) is 10.7. The minimum absolute atomic E-state index is 0.00572. The maximum absolute atomic E-state index is 13.0. The first-order valence-electron chi connectivity index (χ1n) is 6.64. The molecule has 4 nitrogen and oxygen atoms in total. The molecule has 5 heteroatoms. The van der Waals surface area contributed by atoms with Crippen LogP contribution in [0.15, 0.2) is 18.2 Å². The van der Waals surface area contributed by atoms with Gasteiger partial charge in [-0.1, -0.05) is 13.8 Å². The highest BCUT2D eigenvalue weighted by Gasteiger charge is 2.08. The monoisotopic (exact) mass is 267 g/mol. The topological polar surface area (TPSA) is 58.4 Å². The van der Waals surface area contributed by atoms with Gasteiger partial charge in [0.05, 0.1) is 5.69 Å². The maximum Gasteiger partial charge on any atom is 0.251 e. The number of hydrogen-bond donors (Lipinski definition) is 2. The van der Waals surface area contributed by atoms with E-state index in [4.69, 9.17) is 5.73 Å². The van der Waals surface area contributed by atoms with Gasteiger partial charge in [-0.05, 0) is 37.7 Å². The van der Waals surface area contributed by atoms with Crippen molar-refractivity contribution in [1.29, 1.82) is 0 Å². The zero-order valence-corrected chi connectivity index (χ0v) is 11.6. The summed E-state index contributed by atoms with van der Waals surface area (Å²) in [6, 6.07) is 4.00. The van der Waals surface area contributed by atoms with Crippen LogP contribution >= 0.6 is 0 Å². The minimum atomic E-state index is -0.503. The number of nitrogen functional groups attached to an aromatic ring is 1. The van der Waals surface area contributed by atoms with Crippen molar-refractivity contribution < 1.29 is 9.18 Å². The zero-order chi connectivity index (χ0) is 14.3. The average molecular weight is 267 g/mol. The van der Waals surface area contributed by atoms with Gasteiger partial charge in [0.1, 0.15) is 5.82 Å². The summed E-state index contributed by atoms with van der Waals surface area (Å²) in [7, 11) is 0. The van der Waals surface area contributed by atoms with Crippen molar-refractivity contribution in [3.63, 3.8) is 0 Å². The molecule has 0 fully saturated rings. The fourth-order valence-corrected chi connectivity index (χ4v) is 1.86. The number of carbonyl (C=O) groups is 1. The molecule has 0 saturated heterocycles. The minimum Gasteiger partial charge on any atom is -0.396 e. The van der Waals surface area contributed by atoms with Crippen LogP contribution in [0.25, 0.3) is 0 Å². The summed E-state index contributed by atoms with van der Waals surface area (Å²) in [6.07, 6.45) is 1.09. The van der Waals surface area contributed by atoms with Crippen LogP contribution in [0.5, 0.6) is 0 Å². The van der Waals surface area contributed by atoms with Gasteiger partial charge in [0.15, 0.2) is 0 Å². The predicted octanol–water partition coefficient (Wildman–Crippen LogP) is 1.87. The highest BCUT2D eigenvalue weighted by atomic mass is 19.1. The molecule has 1 aromatic rings. The van der Waals surface area contributed by atoms with E-state index in [0.29, 0.717) is 12.1 Å². The Morgan fingerprint density at radius 2 is 2.11 bits per heavy atom. The SMILES string of the molecule is CCCN(CC)CCNC(=O)c1ccc(F)c(N)c1. The molecule has 0 atom stereocenters. The van der Waals surface area contributed by atoms with Crippen LogP contribution in [-0.2, 0) is 0 Å². The van der Waals surface area contributed by atoms with Gasteiger partial charge in [-0.2, -0.15) is 0 Å². The Morgan fingerprint density at radius 3 is 2.68 bits per heavy atom. The Kier molecular flexibility index (Phi) is 6.29. The Bertz CT molecular complexity index is 423. The van der Waals surface area contributed by atoms with Gasteiger partial charge in [-0.15, -0.1) is 0 Å². The van der Waals surface area contributed by atoms with E-state index in [9.17, 15) is 9.18 Å². The smallest absolute Gasteiger partial charge is 0.251 e. The summed E-state index contributed by atoms with van der Waals surface area (Å²) in [6.45, 7) is 7.60. The second kappa shape index (κ2) is 7.74. The molecular formula is C14H22FN3O.